The molecule has 0 atom stereocenters. The third kappa shape index (κ3) is 1.61. The van der Waals surface area contributed by atoms with Gasteiger partial charge in [-0.25, -0.2) is 4.79 Å². The molecule has 0 rings (SSSR count). The van der Waals surface area contributed by atoms with Gasteiger partial charge in [-0.15, -0.1) is 0 Å². The molecule has 0 saturated carbocycles. The number of aliphatic carboxylic acids is 1. The van der Waals surface area contributed by atoms with E-state index in [1.165, 1.54) is 0 Å². The van der Waals surface area contributed by atoms with E-state index < -0.39 is 18.1 Å². The Morgan fingerprint density at radius 1 is 1.62 bits per heavy atom. The Balaban J connectivity index is 3.92. The molecule has 0 radical (unpaired) electrons. The van der Waals surface area contributed by atoms with Crippen LogP contribution in [0.4, 0.5) is 0 Å². The number of hydrogen-bond donors (Lipinski definition) is 3. The summed E-state index contributed by atoms with van der Waals surface area (Å²) in [6, 6.07) is 0. The minimum Gasteiger partial charge on any atom is -0.515 e. The van der Waals surface area contributed by atoms with Crippen LogP contribution in [0.25, 0.3) is 0 Å². The molecule has 0 aromatic rings. The van der Waals surface area contributed by atoms with E-state index in [9.17, 15) is 4.79 Å². The molecule has 0 spiro atoms. The van der Waals surface area contributed by atoms with Gasteiger partial charge in [-0.2, -0.15) is 0 Å². The van der Waals surface area contributed by atoms with Crippen LogP contribution in [-0.4, -0.2) is 27.9 Å². The largest absolute Gasteiger partial charge is 0.515 e. The summed E-state index contributed by atoms with van der Waals surface area (Å²) < 4.78 is 0. The van der Waals surface area contributed by atoms with E-state index in [2.05, 4.69) is 0 Å². The summed E-state index contributed by atoms with van der Waals surface area (Å²) in [5.74, 6) is -1.31. The normalized spacial score (nSPS) is 11.4. The highest BCUT2D eigenvalue weighted by Gasteiger charge is 2.02. The van der Waals surface area contributed by atoms with Crippen molar-refractivity contribution in [1.82, 2.24) is 0 Å². The summed E-state index contributed by atoms with van der Waals surface area (Å²) in [6.45, 7) is -0.647. The lowest BCUT2D eigenvalue weighted by molar-refractivity contribution is -0.133. The first-order valence-corrected chi connectivity index (χ1v) is 1.89. The Kier molecular flexibility index (Phi) is 2.64. The molecule has 0 heterocycles. The van der Waals surface area contributed by atoms with Gasteiger partial charge in [-0.1, -0.05) is 0 Å². The molecular formula is C4H6O4. The molecule has 0 aromatic carbocycles. The van der Waals surface area contributed by atoms with Crippen LogP contribution in [0, 0.1) is 0 Å². The third-order valence-electron chi connectivity index (χ3n) is 0.601. The highest BCUT2D eigenvalue weighted by Crippen LogP contribution is 1.87. The Morgan fingerprint density at radius 3 is 2.12 bits per heavy atom. The average Bonchev–Trinajstić information content (AvgIpc) is 1.69. The van der Waals surface area contributed by atoms with E-state index in [1.54, 1.807) is 0 Å². The Labute approximate surface area is 45.7 Å². The van der Waals surface area contributed by atoms with Gasteiger partial charge in [-0.05, 0) is 0 Å². The fraction of sp³-hybridized carbons (Fsp3) is 0.250. The topological polar surface area (TPSA) is 77.8 Å². The van der Waals surface area contributed by atoms with Crippen molar-refractivity contribution in [3.8, 4) is 0 Å². The summed E-state index contributed by atoms with van der Waals surface area (Å²) in [7, 11) is 0. The molecule has 0 saturated heterocycles. The second kappa shape index (κ2) is 3.04. The number of carboxylic acid groups (broad SMARTS) is 1. The van der Waals surface area contributed by atoms with Gasteiger partial charge < -0.3 is 15.3 Å². The van der Waals surface area contributed by atoms with E-state index in [0.29, 0.717) is 6.26 Å². The van der Waals surface area contributed by atoms with Gasteiger partial charge in [0, 0.05) is 0 Å². The van der Waals surface area contributed by atoms with Crippen LogP contribution in [0.5, 0.6) is 0 Å². The molecule has 4 heteroatoms. The molecule has 0 aliphatic carbocycles. The van der Waals surface area contributed by atoms with Crippen LogP contribution in [0.2, 0.25) is 0 Å². The quantitative estimate of drug-likeness (QED) is 0.337. The predicted octanol–water partition coefficient (Wildman–Crippen LogP) is -0.495. The van der Waals surface area contributed by atoms with Crippen molar-refractivity contribution in [2.45, 2.75) is 0 Å². The molecule has 0 aromatic heterocycles. The number of hydrogen-bond acceptors (Lipinski definition) is 3. The van der Waals surface area contributed by atoms with Gasteiger partial charge in [0.1, 0.15) is 0 Å². The number of carbonyl (C=O) groups is 1. The van der Waals surface area contributed by atoms with Crippen LogP contribution in [0.15, 0.2) is 11.8 Å². The lowest BCUT2D eigenvalue weighted by Gasteiger charge is -1.89. The molecular weight excluding hydrogens is 112 g/mol. The smallest absolute Gasteiger partial charge is 0.337 e. The van der Waals surface area contributed by atoms with Crippen LogP contribution in [0.3, 0.4) is 0 Å². The second-order valence-corrected chi connectivity index (χ2v) is 1.12. The standard InChI is InChI=1S/C4H6O4/c5-1-3(2-6)4(7)8/h1,5-6H,2H2,(H,7,8). The average molecular weight is 118 g/mol. The minimum absolute atomic E-state index is 0.363. The maximum absolute atomic E-state index is 9.77. The van der Waals surface area contributed by atoms with Crippen molar-refractivity contribution in [3.05, 3.63) is 11.8 Å². The van der Waals surface area contributed by atoms with Crippen molar-refractivity contribution in [2.75, 3.05) is 6.61 Å². The fourth-order valence-electron chi connectivity index (χ4n) is 0.164. The first kappa shape index (κ1) is 6.97. The third-order valence-corrected chi connectivity index (χ3v) is 0.601. The summed E-state index contributed by atoms with van der Waals surface area (Å²) in [6.07, 6.45) is 0.363. The minimum atomic E-state index is -1.31. The van der Waals surface area contributed by atoms with E-state index in [0.717, 1.165) is 0 Å². The van der Waals surface area contributed by atoms with E-state index >= 15 is 0 Å². The lowest BCUT2D eigenvalue weighted by atomic mass is 10.3. The number of aliphatic hydroxyl groups excluding tert-OH is 2. The van der Waals surface area contributed by atoms with Gasteiger partial charge in [0.2, 0.25) is 0 Å². The lowest BCUT2D eigenvalue weighted by Crippen LogP contribution is -2.03. The molecule has 0 bridgehead atoms. The number of rotatable bonds is 2. The summed E-state index contributed by atoms with van der Waals surface area (Å²) in [5, 5.41) is 24.1. The number of aliphatic hydroxyl groups is 2. The van der Waals surface area contributed by atoms with Crippen LogP contribution < -0.4 is 0 Å². The van der Waals surface area contributed by atoms with E-state index in [1.807, 2.05) is 0 Å². The maximum Gasteiger partial charge on any atom is 0.337 e. The highest BCUT2D eigenvalue weighted by molar-refractivity contribution is 5.86. The van der Waals surface area contributed by atoms with Gasteiger partial charge in [0.05, 0.1) is 18.4 Å². The van der Waals surface area contributed by atoms with E-state index in [-0.39, 0.29) is 0 Å². The fourth-order valence-corrected chi connectivity index (χ4v) is 0.164. The molecule has 0 fully saturated rings. The molecule has 0 amide bonds. The summed E-state index contributed by atoms with van der Waals surface area (Å²) in [4.78, 5) is 9.77. The van der Waals surface area contributed by atoms with Crippen LogP contribution >= 0.6 is 0 Å². The summed E-state index contributed by atoms with van der Waals surface area (Å²) in [5.41, 5.74) is -0.412. The predicted molar refractivity (Wildman–Crippen MR) is 25.4 cm³/mol. The molecule has 46 valence electrons. The SMILES string of the molecule is O=C(O)C(=CO)CO. The zero-order chi connectivity index (χ0) is 6.57. The van der Waals surface area contributed by atoms with Crippen molar-refractivity contribution in [1.29, 1.82) is 0 Å². The highest BCUT2D eigenvalue weighted by atomic mass is 16.4. The zero-order valence-electron chi connectivity index (χ0n) is 4.03. The van der Waals surface area contributed by atoms with Crippen molar-refractivity contribution in [2.24, 2.45) is 0 Å². The van der Waals surface area contributed by atoms with Crippen molar-refractivity contribution in [3.63, 3.8) is 0 Å². The van der Waals surface area contributed by atoms with Gasteiger partial charge in [-0.3, -0.25) is 0 Å². The van der Waals surface area contributed by atoms with Gasteiger partial charge in [0.15, 0.2) is 0 Å². The second-order valence-electron chi connectivity index (χ2n) is 1.12. The molecule has 3 N–H and O–H groups in total. The summed E-state index contributed by atoms with van der Waals surface area (Å²) >= 11 is 0. The van der Waals surface area contributed by atoms with Crippen molar-refractivity contribution < 1.29 is 20.1 Å². The van der Waals surface area contributed by atoms with Crippen LogP contribution in [0.1, 0.15) is 0 Å². The Morgan fingerprint density at radius 2 is 2.12 bits per heavy atom. The zero-order valence-corrected chi connectivity index (χ0v) is 4.03. The van der Waals surface area contributed by atoms with E-state index in [4.69, 9.17) is 15.3 Å². The first-order valence-electron chi connectivity index (χ1n) is 1.89. The molecule has 0 unspecified atom stereocenters. The van der Waals surface area contributed by atoms with Crippen LogP contribution in [-0.2, 0) is 4.79 Å². The van der Waals surface area contributed by atoms with Gasteiger partial charge >= 0.3 is 5.97 Å². The molecule has 4 nitrogen and oxygen atoms in total. The van der Waals surface area contributed by atoms with Crippen molar-refractivity contribution >= 4 is 5.97 Å². The van der Waals surface area contributed by atoms with Gasteiger partial charge in [0.25, 0.3) is 0 Å². The molecule has 8 heavy (non-hydrogen) atoms. The Hall–Kier alpha value is -1.03. The number of carboxylic acids is 1. The molecule has 0 aliphatic heterocycles. The monoisotopic (exact) mass is 118 g/mol. The first-order chi connectivity index (χ1) is 3.72. The molecule has 0 aliphatic rings. The Bertz CT molecular complexity index is 115. The maximum atomic E-state index is 9.77.